The van der Waals surface area contributed by atoms with Crippen LogP contribution in [0.5, 0.6) is 5.75 Å². The van der Waals surface area contributed by atoms with Crippen molar-refractivity contribution in [3.8, 4) is 17.0 Å². The van der Waals surface area contributed by atoms with Crippen molar-refractivity contribution in [3.05, 3.63) is 65.4 Å². The number of fused-ring (bicyclic) bond motifs is 3. The van der Waals surface area contributed by atoms with Crippen LogP contribution in [-0.4, -0.2) is 49.8 Å². The largest absolute Gasteiger partial charge is 0.506 e. The van der Waals surface area contributed by atoms with Gasteiger partial charge in [-0.05, 0) is 75.4 Å². The molecular formula is C28H33N5O3. The van der Waals surface area contributed by atoms with E-state index in [9.17, 15) is 9.90 Å². The number of carbonyl (C=O) groups is 1. The fourth-order valence-electron chi connectivity index (χ4n) is 4.92. The first-order valence-corrected chi connectivity index (χ1v) is 12.5. The number of para-hydroxylation sites is 2. The Morgan fingerprint density at radius 1 is 1.17 bits per heavy atom. The van der Waals surface area contributed by atoms with E-state index in [0.717, 1.165) is 47.5 Å². The number of aryl methyl sites for hydroxylation is 2. The lowest BCUT2D eigenvalue weighted by molar-refractivity contribution is 0.0270. The molecule has 2 N–H and O–H groups in total. The molecular weight excluding hydrogens is 454 g/mol. The van der Waals surface area contributed by atoms with Crippen molar-refractivity contribution in [2.75, 3.05) is 18.4 Å². The smallest absolute Gasteiger partial charge is 0.410 e. The molecule has 0 aliphatic carbocycles. The second-order valence-electron chi connectivity index (χ2n) is 10.5. The van der Waals surface area contributed by atoms with Gasteiger partial charge in [0.15, 0.2) is 0 Å². The highest BCUT2D eigenvalue weighted by atomic mass is 16.6. The molecule has 0 bridgehead atoms. The zero-order chi connectivity index (χ0) is 25.4. The normalized spacial score (nSPS) is 17.5. The van der Waals surface area contributed by atoms with E-state index in [4.69, 9.17) is 4.74 Å². The summed E-state index contributed by atoms with van der Waals surface area (Å²) >= 11 is 0. The number of hydrogen-bond acceptors (Lipinski definition) is 6. The number of nitrogens with one attached hydrogen (secondary N) is 1. The van der Waals surface area contributed by atoms with Gasteiger partial charge in [0.1, 0.15) is 11.4 Å². The van der Waals surface area contributed by atoms with E-state index in [-0.39, 0.29) is 17.9 Å². The lowest BCUT2D eigenvalue weighted by atomic mass is 9.90. The van der Waals surface area contributed by atoms with Gasteiger partial charge in [0.05, 0.1) is 23.1 Å². The van der Waals surface area contributed by atoms with Gasteiger partial charge in [-0.25, -0.2) is 9.48 Å². The maximum atomic E-state index is 12.5. The molecule has 36 heavy (non-hydrogen) atoms. The number of phenolic OH excluding ortho intramolecular Hbond substituents is 1. The molecule has 3 aromatic rings. The molecule has 2 aromatic carbocycles. The van der Waals surface area contributed by atoms with E-state index in [1.165, 1.54) is 5.57 Å². The van der Waals surface area contributed by atoms with Crippen molar-refractivity contribution in [3.63, 3.8) is 0 Å². The third-order valence-electron chi connectivity index (χ3n) is 6.68. The van der Waals surface area contributed by atoms with Crippen LogP contribution in [0.4, 0.5) is 10.5 Å². The van der Waals surface area contributed by atoms with Crippen molar-refractivity contribution in [1.82, 2.24) is 19.9 Å². The molecule has 1 atom stereocenters. The lowest BCUT2D eigenvalue weighted by Crippen LogP contribution is -2.39. The quantitative estimate of drug-likeness (QED) is 0.471. The molecule has 3 heterocycles. The minimum absolute atomic E-state index is 0.0168. The minimum atomic E-state index is -0.507. The number of phenols is 1. The van der Waals surface area contributed by atoms with Crippen molar-refractivity contribution < 1.29 is 14.6 Å². The van der Waals surface area contributed by atoms with Crippen molar-refractivity contribution >= 4 is 17.4 Å². The zero-order valence-electron chi connectivity index (χ0n) is 21.3. The van der Waals surface area contributed by atoms with Gasteiger partial charge in [-0.1, -0.05) is 35.6 Å². The number of carbonyl (C=O) groups excluding carboxylic acids is 1. The topological polar surface area (TPSA) is 92.5 Å². The number of rotatable bonds is 3. The summed E-state index contributed by atoms with van der Waals surface area (Å²) in [6.07, 6.45) is 3.40. The molecule has 5 rings (SSSR count). The van der Waals surface area contributed by atoms with Gasteiger partial charge in [0.2, 0.25) is 0 Å². The van der Waals surface area contributed by atoms with Gasteiger partial charge in [-0.15, -0.1) is 5.10 Å². The second-order valence-corrected chi connectivity index (χ2v) is 10.5. The molecule has 0 radical (unpaired) electrons. The molecule has 1 aromatic heterocycles. The summed E-state index contributed by atoms with van der Waals surface area (Å²) in [5.41, 5.74) is 6.73. The van der Waals surface area contributed by atoms with E-state index in [0.29, 0.717) is 18.8 Å². The van der Waals surface area contributed by atoms with Crippen LogP contribution in [0, 0.1) is 6.92 Å². The van der Waals surface area contributed by atoms with Crippen LogP contribution >= 0.6 is 0 Å². The Morgan fingerprint density at radius 3 is 2.69 bits per heavy atom. The number of hydrogen-bond donors (Lipinski definition) is 2. The van der Waals surface area contributed by atoms with Crippen molar-refractivity contribution in [2.45, 2.75) is 58.7 Å². The summed E-state index contributed by atoms with van der Waals surface area (Å²) in [7, 11) is 0. The Hall–Kier alpha value is -3.81. The third-order valence-corrected chi connectivity index (χ3v) is 6.68. The van der Waals surface area contributed by atoms with Gasteiger partial charge in [-0.2, -0.15) is 0 Å². The van der Waals surface area contributed by atoms with Gasteiger partial charge in [-0.3, -0.25) is 0 Å². The number of anilines is 1. The van der Waals surface area contributed by atoms with Gasteiger partial charge in [0, 0.05) is 25.2 Å². The first-order valence-electron chi connectivity index (χ1n) is 12.5. The van der Waals surface area contributed by atoms with Gasteiger partial charge >= 0.3 is 6.09 Å². The third kappa shape index (κ3) is 4.80. The van der Waals surface area contributed by atoms with Crippen LogP contribution in [-0.2, 0) is 11.3 Å². The molecule has 8 heteroatoms. The van der Waals surface area contributed by atoms with Gasteiger partial charge < -0.3 is 20.1 Å². The molecule has 0 saturated carbocycles. The van der Waals surface area contributed by atoms with E-state index in [2.05, 4.69) is 39.9 Å². The summed E-state index contributed by atoms with van der Waals surface area (Å²) in [6, 6.07) is 13.8. The summed E-state index contributed by atoms with van der Waals surface area (Å²) < 4.78 is 7.51. The molecule has 0 saturated heterocycles. The Balaban J connectivity index is 1.47. The number of amides is 1. The molecule has 1 amide bonds. The molecule has 2 aliphatic heterocycles. The summed E-state index contributed by atoms with van der Waals surface area (Å²) in [5.74, 6) is 0.229. The Kier molecular flexibility index (Phi) is 6.20. The number of aromatic hydroxyl groups is 1. The summed E-state index contributed by atoms with van der Waals surface area (Å²) in [4.78, 5) is 14.2. The van der Waals surface area contributed by atoms with E-state index in [1.54, 1.807) is 11.0 Å². The fraction of sp³-hybridized carbons (Fsp3) is 0.393. The van der Waals surface area contributed by atoms with Crippen LogP contribution in [0.1, 0.15) is 56.5 Å². The molecule has 0 fully saturated rings. The predicted octanol–water partition coefficient (Wildman–Crippen LogP) is 5.54. The molecule has 0 spiro atoms. The Bertz CT molecular complexity index is 1320. The number of aromatic nitrogens is 3. The average molecular weight is 488 g/mol. The molecule has 2 aliphatic rings. The van der Waals surface area contributed by atoms with E-state index >= 15 is 0 Å². The summed E-state index contributed by atoms with van der Waals surface area (Å²) in [6.45, 7) is 9.50. The minimum Gasteiger partial charge on any atom is -0.506 e. The van der Waals surface area contributed by atoms with Crippen LogP contribution in [0.25, 0.3) is 16.8 Å². The Labute approximate surface area is 211 Å². The lowest BCUT2D eigenvalue weighted by Gasteiger charge is -2.30. The molecule has 188 valence electrons. The number of benzene rings is 2. The van der Waals surface area contributed by atoms with Crippen LogP contribution in [0.3, 0.4) is 0 Å². The number of nitrogens with zero attached hydrogens (tertiary/aromatic N) is 4. The first-order chi connectivity index (χ1) is 17.2. The monoisotopic (exact) mass is 487 g/mol. The highest BCUT2D eigenvalue weighted by Gasteiger charge is 2.28. The maximum Gasteiger partial charge on any atom is 0.410 e. The van der Waals surface area contributed by atoms with Crippen LogP contribution < -0.4 is 5.32 Å². The van der Waals surface area contributed by atoms with Crippen LogP contribution in [0.15, 0.2) is 48.5 Å². The summed E-state index contributed by atoms with van der Waals surface area (Å²) in [5, 5.41) is 22.6. The highest BCUT2D eigenvalue weighted by molar-refractivity contribution is 5.76. The number of ether oxygens (including phenoxy) is 1. The molecule has 1 unspecified atom stereocenters. The SMILES string of the molecule is Cc1nnn2c1-c1ccc(C3=CCN(C(=O)OC(C)(C)C)CC3)cc1C(Nc1ccccc1O)CC2. The predicted molar refractivity (Wildman–Crippen MR) is 140 cm³/mol. The average Bonchev–Trinajstić information content (AvgIpc) is 3.13. The van der Waals surface area contributed by atoms with E-state index < -0.39 is 5.60 Å². The highest BCUT2D eigenvalue weighted by Crippen LogP contribution is 2.40. The first kappa shape index (κ1) is 23.9. The van der Waals surface area contributed by atoms with Crippen LogP contribution in [0.2, 0.25) is 0 Å². The van der Waals surface area contributed by atoms with Crippen molar-refractivity contribution in [2.24, 2.45) is 0 Å². The zero-order valence-corrected chi connectivity index (χ0v) is 21.3. The van der Waals surface area contributed by atoms with Crippen molar-refractivity contribution in [1.29, 1.82) is 0 Å². The van der Waals surface area contributed by atoms with Gasteiger partial charge in [0.25, 0.3) is 0 Å². The maximum absolute atomic E-state index is 12.5. The fourth-order valence-corrected chi connectivity index (χ4v) is 4.92. The second kappa shape index (κ2) is 9.33. The van der Waals surface area contributed by atoms with E-state index in [1.807, 2.05) is 50.6 Å². The molecule has 8 nitrogen and oxygen atoms in total. The Morgan fingerprint density at radius 2 is 1.97 bits per heavy atom. The standard InChI is InChI=1S/C28H33N5O3/c1-18-26-21-10-9-20(19-11-14-32(15-12-19)27(35)36-28(2,3)4)17-22(21)23(13-16-33(26)31-30-18)29-24-7-5-6-8-25(24)34/h5-11,17,23,29,34H,12-16H2,1-4H3.